The number of amides is 1. The Kier molecular flexibility index (Phi) is 2.63. The molecule has 1 aliphatic heterocycles. The molecule has 0 aliphatic carbocycles. The smallest absolute Gasteiger partial charge is 0.408 e. The van der Waals surface area contributed by atoms with Crippen molar-refractivity contribution in [3.8, 4) is 0 Å². The van der Waals surface area contributed by atoms with E-state index < -0.39 is 5.76 Å². The molecule has 0 bridgehead atoms. The fourth-order valence-corrected chi connectivity index (χ4v) is 2.44. The summed E-state index contributed by atoms with van der Waals surface area (Å²) in [6.07, 6.45) is 0.471. The van der Waals surface area contributed by atoms with Crippen molar-refractivity contribution >= 4 is 34.3 Å². The number of carbonyl (C=O) groups excluding carboxylic acids is 1. The molecule has 1 atom stereocenters. The Balaban J connectivity index is 1.99. The fourth-order valence-electron chi connectivity index (χ4n) is 2.24. The highest BCUT2D eigenvalue weighted by Gasteiger charge is 2.30. The maximum Gasteiger partial charge on any atom is 0.417 e. The number of H-pyrrole nitrogens is 1. The van der Waals surface area contributed by atoms with Crippen molar-refractivity contribution < 1.29 is 9.21 Å². The Morgan fingerprint density at radius 1 is 1.44 bits per heavy atom. The molecule has 1 aliphatic rings. The fraction of sp³-hybridized carbons (Fsp3) is 0.333. The number of fused-ring (bicyclic) bond motifs is 1. The van der Waals surface area contributed by atoms with Gasteiger partial charge in [-0.1, -0.05) is 0 Å². The molecule has 18 heavy (non-hydrogen) atoms. The third-order valence-corrected chi connectivity index (χ3v) is 3.58. The largest absolute Gasteiger partial charge is 0.417 e. The molecule has 2 heterocycles. The topological polar surface area (TPSA) is 66.3 Å². The molecule has 1 unspecified atom stereocenters. The third-order valence-electron chi connectivity index (χ3n) is 3.14. The molecule has 1 fully saturated rings. The average molecular weight is 267 g/mol. The molecule has 1 aromatic heterocycles. The van der Waals surface area contributed by atoms with Gasteiger partial charge in [0.05, 0.1) is 5.52 Å². The second-order valence-electron chi connectivity index (χ2n) is 4.42. The number of benzene rings is 1. The summed E-state index contributed by atoms with van der Waals surface area (Å²) in [7, 11) is 0. The molecule has 94 valence electrons. The molecule has 1 saturated heterocycles. The van der Waals surface area contributed by atoms with Crippen molar-refractivity contribution in [3.63, 3.8) is 0 Å². The van der Waals surface area contributed by atoms with Crippen molar-refractivity contribution in [2.75, 3.05) is 17.3 Å². The normalized spacial score (nSPS) is 19.9. The first-order valence-electron chi connectivity index (χ1n) is 5.66. The van der Waals surface area contributed by atoms with Gasteiger partial charge in [0.2, 0.25) is 5.91 Å². The number of aromatic nitrogens is 1. The third kappa shape index (κ3) is 1.80. The summed E-state index contributed by atoms with van der Waals surface area (Å²) in [4.78, 5) is 27.2. The van der Waals surface area contributed by atoms with E-state index in [1.54, 1.807) is 23.1 Å². The maximum atomic E-state index is 11.9. The van der Waals surface area contributed by atoms with Gasteiger partial charge in [0.1, 0.15) is 0 Å². The number of aromatic amines is 1. The van der Waals surface area contributed by atoms with E-state index in [1.807, 2.05) is 0 Å². The molecule has 1 N–H and O–H groups in total. The lowest BCUT2D eigenvalue weighted by Gasteiger charge is -2.15. The highest BCUT2D eigenvalue weighted by Crippen LogP contribution is 2.27. The zero-order valence-electron chi connectivity index (χ0n) is 9.48. The predicted molar refractivity (Wildman–Crippen MR) is 68.0 cm³/mol. The van der Waals surface area contributed by atoms with Crippen molar-refractivity contribution in [2.24, 2.45) is 5.92 Å². The van der Waals surface area contributed by atoms with Gasteiger partial charge >= 0.3 is 5.76 Å². The highest BCUT2D eigenvalue weighted by molar-refractivity contribution is 6.18. The molecule has 1 aromatic carbocycles. The van der Waals surface area contributed by atoms with E-state index in [2.05, 4.69) is 4.98 Å². The van der Waals surface area contributed by atoms with Gasteiger partial charge in [-0.3, -0.25) is 9.78 Å². The molecule has 0 radical (unpaired) electrons. The standard InChI is InChI=1S/C12H11ClN2O3/c13-5-7-3-11(16)15(6-7)8-1-2-9-10(4-8)18-12(17)14-9/h1-2,4,7H,3,5-6H2,(H,14,17). The van der Waals surface area contributed by atoms with E-state index in [-0.39, 0.29) is 11.8 Å². The first-order valence-corrected chi connectivity index (χ1v) is 6.20. The lowest BCUT2D eigenvalue weighted by Crippen LogP contribution is -2.24. The Labute approximate surface area is 107 Å². The van der Waals surface area contributed by atoms with E-state index in [1.165, 1.54) is 0 Å². The van der Waals surface area contributed by atoms with Gasteiger partial charge in [0.25, 0.3) is 0 Å². The molecule has 2 aromatic rings. The Bertz CT molecular complexity index is 661. The lowest BCUT2D eigenvalue weighted by atomic mass is 10.1. The van der Waals surface area contributed by atoms with Crippen LogP contribution in [0.4, 0.5) is 5.69 Å². The summed E-state index contributed by atoms with van der Waals surface area (Å²) in [6.45, 7) is 0.614. The van der Waals surface area contributed by atoms with Gasteiger partial charge in [-0.2, -0.15) is 0 Å². The Morgan fingerprint density at radius 3 is 3.00 bits per heavy atom. The van der Waals surface area contributed by atoms with E-state index >= 15 is 0 Å². The molecule has 3 rings (SSSR count). The molecular weight excluding hydrogens is 256 g/mol. The van der Waals surface area contributed by atoms with Crippen LogP contribution in [-0.4, -0.2) is 23.3 Å². The van der Waals surface area contributed by atoms with Crippen molar-refractivity contribution in [3.05, 3.63) is 28.7 Å². The van der Waals surface area contributed by atoms with Crippen LogP contribution in [0.1, 0.15) is 6.42 Å². The monoisotopic (exact) mass is 266 g/mol. The first kappa shape index (κ1) is 11.3. The number of hydrogen-bond acceptors (Lipinski definition) is 3. The number of nitrogens with one attached hydrogen (secondary N) is 1. The van der Waals surface area contributed by atoms with Crippen LogP contribution >= 0.6 is 11.6 Å². The van der Waals surface area contributed by atoms with Gasteiger partial charge in [-0.05, 0) is 18.1 Å². The van der Waals surface area contributed by atoms with Gasteiger partial charge < -0.3 is 9.32 Å². The quantitative estimate of drug-likeness (QED) is 0.842. The van der Waals surface area contributed by atoms with E-state index in [9.17, 15) is 9.59 Å². The zero-order chi connectivity index (χ0) is 12.7. The number of hydrogen-bond donors (Lipinski definition) is 1. The predicted octanol–water partition coefficient (Wildman–Crippen LogP) is 1.71. The molecule has 5 nitrogen and oxygen atoms in total. The summed E-state index contributed by atoms with van der Waals surface area (Å²) in [6, 6.07) is 5.22. The first-order chi connectivity index (χ1) is 8.67. The second-order valence-corrected chi connectivity index (χ2v) is 4.73. The molecule has 0 spiro atoms. The van der Waals surface area contributed by atoms with Crippen LogP contribution in [0, 0.1) is 5.92 Å². The van der Waals surface area contributed by atoms with Crippen LogP contribution in [0.25, 0.3) is 11.1 Å². The molecule has 6 heteroatoms. The van der Waals surface area contributed by atoms with Gasteiger partial charge in [0, 0.05) is 30.6 Å². The van der Waals surface area contributed by atoms with Crippen LogP contribution < -0.4 is 10.7 Å². The van der Waals surface area contributed by atoms with Crippen LogP contribution in [-0.2, 0) is 4.79 Å². The maximum absolute atomic E-state index is 11.9. The van der Waals surface area contributed by atoms with Crippen LogP contribution in [0.15, 0.2) is 27.4 Å². The van der Waals surface area contributed by atoms with Crippen LogP contribution in [0.3, 0.4) is 0 Å². The Morgan fingerprint density at radius 2 is 2.28 bits per heavy atom. The number of rotatable bonds is 2. The summed E-state index contributed by atoms with van der Waals surface area (Å²) in [5.41, 5.74) is 1.83. The number of oxazole rings is 1. The summed E-state index contributed by atoms with van der Waals surface area (Å²) >= 11 is 5.78. The minimum Gasteiger partial charge on any atom is -0.408 e. The van der Waals surface area contributed by atoms with Crippen molar-refractivity contribution in [1.29, 1.82) is 0 Å². The number of anilines is 1. The number of nitrogens with zero attached hydrogens (tertiary/aromatic N) is 1. The molecular formula is C12H11ClN2O3. The SMILES string of the molecule is O=C1CC(CCl)CN1c1ccc2[nH]c(=O)oc2c1. The highest BCUT2D eigenvalue weighted by atomic mass is 35.5. The second kappa shape index (κ2) is 4.17. The minimum atomic E-state index is -0.492. The summed E-state index contributed by atoms with van der Waals surface area (Å²) < 4.78 is 4.98. The summed E-state index contributed by atoms with van der Waals surface area (Å²) in [5, 5.41) is 0. The zero-order valence-corrected chi connectivity index (χ0v) is 10.2. The average Bonchev–Trinajstić information content (AvgIpc) is 2.89. The van der Waals surface area contributed by atoms with Gasteiger partial charge in [0.15, 0.2) is 5.58 Å². The van der Waals surface area contributed by atoms with E-state index in [0.717, 1.165) is 5.69 Å². The number of carbonyl (C=O) groups is 1. The van der Waals surface area contributed by atoms with Crippen molar-refractivity contribution in [2.45, 2.75) is 6.42 Å². The lowest BCUT2D eigenvalue weighted by molar-refractivity contribution is -0.117. The van der Waals surface area contributed by atoms with Gasteiger partial charge in [-0.25, -0.2) is 4.79 Å². The number of halogens is 1. The van der Waals surface area contributed by atoms with Crippen LogP contribution in [0.5, 0.6) is 0 Å². The number of alkyl halides is 1. The van der Waals surface area contributed by atoms with Crippen molar-refractivity contribution in [1.82, 2.24) is 4.98 Å². The van der Waals surface area contributed by atoms with Gasteiger partial charge in [-0.15, -0.1) is 11.6 Å². The van der Waals surface area contributed by atoms with Crippen LogP contribution in [0.2, 0.25) is 0 Å². The van der Waals surface area contributed by atoms with E-state index in [0.29, 0.717) is 29.9 Å². The molecule has 0 saturated carbocycles. The van der Waals surface area contributed by atoms with E-state index in [4.69, 9.17) is 16.0 Å². The molecule has 1 amide bonds. The minimum absolute atomic E-state index is 0.0536. The summed E-state index contributed by atoms with van der Waals surface area (Å²) in [5.74, 6) is 0.225. The Hall–Kier alpha value is -1.75.